The van der Waals surface area contributed by atoms with Gasteiger partial charge in [0.25, 0.3) is 0 Å². The van der Waals surface area contributed by atoms with Crippen LogP contribution in [0.1, 0.15) is 18.9 Å². The first-order valence-corrected chi connectivity index (χ1v) is 8.94. The van der Waals surface area contributed by atoms with Gasteiger partial charge in [-0.15, -0.1) is 0 Å². The molecule has 0 radical (unpaired) electrons. The molecule has 10 atom stereocenters. The zero-order valence-electron chi connectivity index (χ0n) is 11.5. The van der Waals surface area contributed by atoms with Gasteiger partial charge >= 0.3 is 0 Å². The van der Waals surface area contributed by atoms with Crippen molar-refractivity contribution in [2.24, 2.45) is 46.8 Å². The van der Waals surface area contributed by atoms with Gasteiger partial charge < -0.3 is 5.11 Å². The highest BCUT2D eigenvalue weighted by Gasteiger charge is 2.91. The van der Waals surface area contributed by atoms with Crippen LogP contribution in [0.4, 0.5) is 0 Å². The Labute approximate surface area is 127 Å². The lowest BCUT2D eigenvalue weighted by molar-refractivity contribution is -0.0284. The first-order valence-electron chi connectivity index (χ1n) is 8.03. The predicted molar refractivity (Wildman–Crippen MR) is 80.2 cm³/mol. The fourth-order valence-electron chi connectivity index (χ4n) is 8.28. The van der Waals surface area contributed by atoms with E-state index in [-0.39, 0.29) is 0 Å². The molecule has 0 unspecified atom stereocenters. The van der Waals surface area contributed by atoms with Crippen molar-refractivity contribution in [2.75, 3.05) is 0 Å². The standard InChI is InChI=1S/C18H19BrO/c1-17-13-10-7-9-11(12(10)16(17)19)15(17)18(20,14(9)13)8-5-3-2-4-6-8/h2-6,9-16,20H,7H2,1H3/t9-,10+,11-,12-,13+,14+,15+,16+,17-,18-/m0/s1. The third-order valence-electron chi connectivity index (χ3n) is 8.21. The lowest BCUT2D eigenvalue weighted by atomic mass is 9.64. The van der Waals surface area contributed by atoms with E-state index in [2.05, 4.69) is 53.2 Å². The maximum atomic E-state index is 11.8. The van der Waals surface area contributed by atoms with E-state index >= 15 is 0 Å². The molecule has 0 spiro atoms. The SMILES string of the molecule is C[C@@]12[C@@H]3[C@@H]4C[C@H]5[C@@H]([C@H]4[C@H]1Br)[C@H]2[C@](O)(c1ccccc1)[C@H]53. The molecular weight excluding hydrogens is 312 g/mol. The Hall–Kier alpha value is -0.340. The summed E-state index contributed by atoms with van der Waals surface area (Å²) in [6.07, 6.45) is 1.40. The smallest absolute Gasteiger partial charge is 0.0966 e. The summed E-state index contributed by atoms with van der Waals surface area (Å²) in [7, 11) is 0. The summed E-state index contributed by atoms with van der Waals surface area (Å²) in [5, 5.41) is 11.8. The number of hydrogen-bond acceptors (Lipinski definition) is 1. The van der Waals surface area contributed by atoms with Crippen LogP contribution in [0.3, 0.4) is 0 Å². The predicted octanol–water partition coefficient (Wildman–Crippen LogP) is 3.42. The first-order chi connectivity index (χ1) is 9.61. The summed E-state index contributed by atoms with van der Waals surface area (Å²) in [6.45, 7) is 2.48. The molecule has 6 aliphatic rings. The fraction of sp³-hybridized carbons (Fsp3) is 0.667. The second-order valence-electron chi connectivity index (χ2n) is 8.21. The fourth-order valence-corrected chi connectivity index (χ4v) is 9.61. The molecule has 1 nitrogen and oxygen atoms in total. The zero-order chi connectivity index (χ0) is 13.4. The van der Waals surface area contributed by atoms with Crippen LogP contribution in [-0.4, -0.2) is 9.93 Å². The van der Waals surface area contributed by atoms with Crippen molar-refractivity contribution in [1.29, 1.82) is 0 Å². The van der Waals surface area contributed by atoms with E-state index in [0.717, 1.165) is 29.6 Å². The summed E-state index contributed by atoms with van der Waals surface area (Å²) in [5.74, 6) is 5.14. The van der Waals surface area contributed by atoms with E-state index in [4.69, 9.17) is 0 Å². The van der Waals surface area contributed by atoms with Crippen molar-refractivity contribution in [3.05, 3.63) is 35.9 Å². The molecular formula is C18H19BrO. The molecule has 104 valence electrons. The van der Waals surface area contributed by atoms with Gasteiger partial charge in [0.05, 0.1) is 5.60 Å². The van der Waals surface area contributed by atoms with Gasteiger partial charge in [-0.05, 0) is 52.9 Å². The molecule has 0 amide bonds. The molecule has 0 aliphatic heterocycles. The van der Waals surface area contributed by atoms with E-state index in [9.17, 15) is 5.11 Å². The molecule has 6 saturated carbocycles. The number of alkyl halides is 1. The number of hydrogen-bond donors (Lipinski definition) is 1. The Kier molecular flexibility index (Phi) is 1.64. The topological polar surface area (TPSA) is 20.2 Å². The Morgan fingerprint density at radius 2 is 1.80 bits per heavy atom. The second kappa shape index (κ2) is 2.92. The van der Waals surface area contributed by atoms with Crippen molar-refractivity contribution in [3.8, 4) is 0 Å². The van der Waals surface area contributed by atoms with Crippen LogP contribution < -0.4 is 0 Å². The van der Waals surface area contributed by atoms with Gasteiger partial charge in [-0.2, -0.15) is 0 Å². The molecule has 6 aliphatic carbocycles. The van der Waals surface area contributed by atoms with Crippen molar-refractivity contribution in [3.63, 3.8) is 0 Å². The van der Waals surface area contributed by atoms with Crippen LogP contribution in [0.2, 0.25) is 0 Å². The molecule has 6 bridgehead atoms. The Morgan fingerprint density at radius 3 is 2.50 bits per heavy atom. The highest BCUT2D eigenvalue weighted by atomic mass is 79.9. The minimum Gasteiger partial charge on any atom is -0.385 e. The third kappa shape index (κ3) is 0.772. The van der Waals surface area contributed by atoms with Gasteiger partial charge in [-0.3, -0.25) is 0 Å². The summed E-state index contributed by atoms with van der Waals surface area (Å²) >= 11 is 4.06. The molecule has 0 saturated heterocycles. The van der Waals surface area contributed by atoms with E-state index in [1.165, 1.54) is 12.0 Å². The largest absolute Gasteiger partial charge is 0.385 e. The lowest BCUT2D eigenvalue weighted by Crippen LogP contribution is -2.38. The Balaban J connectivity index is 1.65. The molecule has 1 N–H and O–H groups in total. The van der Waals surface area contributed by atoms with Crippen molar-refractivity contribution < 1.29 is 5.11 Å². The van der Waals surface area contributed by atoms with Crippen LogP contribution in [-0.2, 0) is 5.60 Å². The molecule has 7 rings (SSSR count). The van der Waals surface area contributed by atoms with Gasteiger partial charge in [-0.1, -0.05) is 53.2 Å². The zero-order valence-corrected chi connectivity index (χ0v) is 13.1. The van der Waals surface area contributed by atoms with Gasteiger partial charge in [0.15, 0.2) is 0 Å². The van der Waals surface area contributed by atoms with Crippen LogP contribution in [0.5, 0.6) is 0 Å². The van der Waals surface area contributed by atoms with Crippen LogP contribution in [0.15, 0.2) is 30.3 Å². The van der Waals surface area contributed by atoms with E-state index in [0.29, 0.717) is 22.1 Å². The summed E-state index contributed by atoms with van der Waals surface area (Å²) in [5.41, 5.74) is 0.990. The van der Waals surface area contributed by atoms with Crippen molar-refractivity contribution in [1.82, 2.24) is 0 Å². The average Bonchev–Trinajstić information content (AvgIpc) is 3.16. The van der Waals surface area contributed by atoms with Gasteiger partial charge in [0.2, 0.25) is 0 Å². The highest BCUT2D eigenvalue weighted by molar-refractivity contribution is 9.09. The summed E-state index contributed by atoms with van der Waals surface area (Å²) in [6, 6.07) is 10.6. The quantitative estimate of drug-likeness (QED) is 0.782. The highest BCUT2D eigenvalue weighted by Crippen LogP contribution is 2.91. The maximum absolute atomic E-state index is 11.8. The minimum atomic E-state index is -0.540. The first kappa shape index (κ1) is 11.3. The van der Waals surface area contributed by atoms with E-state index in [1.807, 2.05) is 0 Å². The number of rotatable bonds is 1. The maximum Gasteiger partial charge on any atom is 0.0966 e. The normalized spacial score (nSPS) is 67.0. The molecule has 6 fully saturated rings. The second-order valence-corrected chi connectivity index (χ2v) is 9.19. The number of benzene rings is 1. The molecule has 20 heavy (non-hydrogen) atoms. The van der Waals surface area contributed by atoms with Crippen LogP contribution >= 0.6 is 15.9 Å². The lowest BCUT2D eigenvalue weighted by Gasteiger charge is -2.40. The van der Waals surface area contributed by atoms with Gasteiger partial charge in [-0.25, -0.2) is 0 Å². The Bertz CT molecular complexity index is 628. The van der Waals surface area contributed by atoms with E-state index < -0.39 is 5.60 Å². The monoisotopic (exact) mass is 330 g/mol. The third-order valence-corrected chi connectivity index (χ3v) is 9.81. The summed E-state index contributed by atoms with van der Waals surface area (Å²) in [4.78, 5) is 0.646. The van der Waals surface area contributed by atoms with Crippen LogP contribution in [0, 0.1) is 46.8 Å². The molecule has 0 aromatic heterocycles. The molecule has 0 heterocycles. The van der Waals surface area contributed by atoms with Crippen LogP contribution in [0.25, 0.3) is 0 Å². The molecule has 1 aromatic carbocycles. The van der Waals surface area contributed by atoms with E-state index in [1.54, 1.807) is 0 Å². The van der Waals surface area contributed by atoms with Gasteiger partial charge in [0, 0.05) is 10.7 Å². The average molecular weight is 331 g/mol. The number of halogens is 1. The van der Waals surface area contributed by atoms with Crippen molar-refractivity contribution in [2.45, 2.75) is 23.8 Å². The summed E-state index contributed by atoms with van der Waals surface area (Å²) < 4.78 is 0. The van der Waals surface area contributed by atoms with Gasteiger partial charge in [0.1, 0.15) is 0 Å². The number of aliphatic hydroxyl groups is 1. The van der Waals surface area contributed by atoms with Crippen molar-refractivity contribution >= 4 is 15.9 Å². The Morgan fingerprint density at radius 1 is 1.10 bits per heavy atom. The molecule has 2 heteroatoms. The molecule has 1 aromatic rings. The minimum absolute atomic E-state index is 0.336.